The van der Waals surface area contributed by atoms with Gasteiger partial charge in [-0.25, -0.2) is 13.2 Å². The van der Waals surface area contributed by atoms with E-state index in [1.165, 1.54) is 19.2 Å². The molecule has 0 bridgehead atoms. The van der Waals surface area contributed by atoms with Gasteiger partial charge in [-0.1, -0.05) is 0 Å². The Hall–Kier alpha value is -1.82. The monoisotopic (exact) mass is 344 g/mol. The Balaban J connectivity index is 2.50. The van der Waals surface area contributed by atoms with Crippen LogP contribution in [0, 0.1) is 17.5 Å². The first-order chi connectivity index (χ1) is 9.43. The Morgan fingerprint density at radius 3 is 2.15 bits per heavy atom. The zero-order valence-electron chi connectivity index (χ0n) is 10.2. The summed E-state index contributed by atoms with van der Waals surface area (Å²) < 4.78 is 45.8. The number of hydrogen-bond acceptors (Lipinski definition) is 2. The molecule has 0 unspecified atom stereocenters. The van der Waals surface area contributed by atoms with Crippen LogP contribution in [-0.4, -0.2) is 12.9 Å². The lowest BCUT2D eigenvalue weighted by Crippen LogP contribution is -2.08. The summed E-state index contributed by atoms with van der Waals surface area (Å²) in [6, 6.07) is 5.27. The van der Waals surface area contributed by atoms with Crippen LogP contribution in [0.3, 0.4) is 0 Å². The molecule has 20 heavy (non-hydrogen) atoms. The maximum absolute atomic E-state index is 13.8. The lowest BCUT2D eigenvalue weighted by Gasteiger charge is -2.07. The van der Waals surface area contributed by atoms with E-state index in [1.54, 1.807) is 0 Å². The molecule has 0 saturated carbocycles. The summed E-state index contributed by atoms with van der Waals surface area (Å²) >= 11 is 2.93. The summed E-state index contributed by atoms with van der Waals surface area (Å²) in [4.78, 5) is 12.0. The van der Waals surface area contributed by atoms with Gasteiger partial charge in [0.1, 0.15) is 23.2 Å². The lowest BCUT2D eigenvalue weighted by atomic mass is 10.0. The molecule has 0 spiro atoms. The van der Waals surface area contributed by atoms with Crippen LogP contribution in [0.15, 0.2) is 34.8 Å². The molecule has 2 rings (SSSR count). The molecular weight excluding hydrogens is 337 g/mol. The molecule has 0 amide bonds. The fraction of sp³-hybridized carbons (Fsp3) is 0.0714. The third kappa shape index (κ3) is 2.70. The van der Waals surface area contributed by atoms with Crippen molar-refractivity contribution < 1.29 is 22.7 Å². The van der Waals surface area contributed by atoms with Crippen molar-refractivity contribution in [1.82, 2.24) is 0 Å². The van der Waals surface area contributed by atoms with E-state index in [-0.39, 0.29) is 15.8 Å². The second kappa shape index (κ2) is 5.66. The highest BCUT2D eigenvalue weighted by atomic mass is 79.9. The van der Waals surface area contributed by atoms with E-state index in [9.17, 15) is 18.0 Å². The predicted molar refractivity (Wildman–Crippen MR) is 70.4 cm³/mol. The first-order valence-corrected chi connectivity index (χ1v) is 6.26. The third-order valence-electron chi connectivity index (χ3n) is 2.66. The molecule has 0 N–H and O–H groups in total. The molecular formula is C14H8BrF3O2. The normalized spacial score (nSPS) is 10.4. The average molecular weight is 345 g/mol. The van der Waals surface area contributed by atoms with Crippen molar-refractivity contribution in [2.24, 2.45) is 0 Å². The third-order valence-corrected chi connectivity index (χ3v) is 3.30. The highest BCUT2D eigenvalue weighted by molar-refractivity contribution is 9.10. The van der Waals surface area contributed by atoms with E-state index in [1.807, 2.05) is 0 Å². The largest absolute Gasteiger partial charge is 0.497 e. The maximum Gasteiger partial charge on any atom is 0.199 e. The number of rotatable bonds is 3. The molecule has 0 aliphatic carbocycles. The molecule has 6 heteroatoms. The molecule has 0 atom stereocenters. The Morgan fingerprint density at radius 1 is 1.05 bits per heavy atom. The summed E-state index contributed by atoms with van der Waals surface area (Å²) in [6.45, 7) is 0. The zero-order chi connectivity index (χ0) is 14.9. The molecule has 0 aliphatic rings. The summed E-state index contributed by atoms with van der Waals surface area (Å²) in [6.07, 6.45) is 0. The van der Waals surface area contributed by atoms with Gasteiger partial charge in [-0.15, -0.1) is 0 Å². The number of carbonyl (C=O) groups is 1. The molecule has 104 valence electrons. The van der Waals surface area contributed by atoms with Crippen molar-refractivity contribution in [3.8, 4) is 5.75 Å². The summed E-state index contributed by atoms with van der Waals surface area (Å²) in [7, 11) is 1.25. The quantitative estimate of drug-likeness (QED) is 0.783. The number of benzene rings is 2. The van der Waals surface area contributed by atoms with Crippen LogP contribution in [-0.2, 0) is 0 Å². The maximum atomic E-state index is 13.8. The van der Waals surface area contributed by atoms with Crippen molar-refractivity contribution in [3.63, 3.8) is 0 Å². The molecule has 0 aromatic heterocycles. The summed E-state index contributed by atoms with van der Waals surface area (Å²) in [5, 5.41) is 0. The topological polar surface area (TPSA) is 26.3 Å². The SMILES string of the molecule is COc1cc(F)c(C(=O)c2ccc(Br)c(F)c2)c(F)c1. The number of hydrogen-bond donors (Lipinski definition) is 0. The second-order valence-electron chi connectivity index (χ2n) is 3.92. The second-order valence-corrected chi connectivity index (χ2v) is 4.78. The van der Waals surface area contributed by atoms with Gasteiger partial charge < -0.3 is 4.74 Å². The minimum Gasteiger partial charge on any atom is -0.497 e. The smallest absolute Gasteiger partial charge is 0.199 e. The van der Waals surface area contributed by atoms with Crippen LogP contribution in [0.25, 0.3) is 0 Å². The Bertz CT molecular complexity index is 663. The number of carbonyl (C=O) groups excluding carboxylic acids is 1. The molecule has 2 aromatic carbocycles. The molecule has 2 nitrogen and oxygen atoms in total. The first kappa shape index (κ1) is 14.6. The van der Waals surface area contributed by atoms with Gasteiger partial charge in [0, 0.05) is 17.7 Å². The van der Waals surface area contributed by atoms with Crippen molar-refractivity contribution in [2.75, 3.05) is 7.11 Å². The van der Waals surface area contributed by atoms with Crippen molar-refractivity contribution >= 4 is 21.7 Å². The number of ketones is 1. The number of ether oxygens (including phenoxy) is 1. The summed E-state index contributed by atoms with van der Waals surface area (Å²) in [5.74, 6) is -3.79. The molecule has 0 heterocycles. The minimum atomic E-state index is -1.06. The van der Waals surface area contributed by atoms with E-state index in [0.29, 0.717) is 0 Å². The van der Waals surface area contributed by atoms with E-state index in [2.05, 4.69) is 15.9 Å². The first-order valence-electron chi connectivity index (χ1n) is 5.47. The Kier molecular flexibility index (Phi) is 4.13. The van der Waals surface area contributed by atoms with Gasteiger partial charge in [0.05, 0.1) is 17.1 Å². The molecule has 0 fully saturated rings. The van der Waals surface area contributed by atoms with Crippen LogP contribution in [0.2, 0.25) is 0 Å². The van der Waals surface area contributed by atoms with Crippen molar-refractivity contribution in [1.29, 1.82) is 0 Å². The Morgan fingerprint density at radius 2 is 1.65 bits per heavy atom. The molecule has 0 radical (unpaired) electrons. The minimum absolute atomic E-state index is 0.0430. The summed E-state index contributed by atoms with van der Waals surface area (Å²) in [5.41, 5.74) is -0.888. The predicted octanol–water partition coefficient (Wildman–Crippen LogP) is 4.11. The van der Waals surface area contributed by atoms with Crippen LogP contribution < -0.4 is 4.74 Å². The van der Waals surface area contributed by atoms with Crippen molar-refractivity contribution in [2.45, 2.75) is 0 Å². The van der Waals surface area contributed by atoms with E-state index in [4.69, 9.17) is 4.74 Å². The number of methoxy groups -OCH3 is 1. The van der Waals surface area contributed by atoms with Crippen molar-refractivity contribution in [3.05, 3.63) is 63.4 Å². The van der Waals surface area contributed by atoms with E-state index >= 15 is 0 Å². The van der Waals surface area contributed by atoms with Gasteiger partial charge in [-0.3, -0.25) is 4.79 Å². The fourth-order valence-corrected chi connectivity index (χ4v) is 1.91. The van der Waals surface area contributed by atoms with Crippen LogP contribution in [0.5, 0.6) is 5.75 Å². The van der Waals surface area contributed by atoms with E-state index in [0.717, 1.165) is 18.2 Å². The fourth-order valence-electron chi connectivity index (χ4n) is 1.67. The van der Waals surface area contributed by atoms with Gasteiger partial charge in [0.15, 0.2) is 5.78 Å². The highest BCUT2D eigenvalue weighted by Gasteiger charge is 2.21. The van der Waals surface area contributed by atoms with Gasteiger partial charge in [0.2, 0.25) is 0 Å². The standard InChI is InChI=1S/C14H8BrF3O2/c1-20-8-5-11(17)13(12(18)6-8)14(19)7-2-3-9(15)10(16)4-7/h2-6H,1H3. The van der Waals surface area contributed by atoms with Gasteiger partial charge >= 0.3 is 0 Å². The van der Waals surface area contributed by atoms with Crippen LogP contribution in [0.4, 0.5) is 13.2 Å². The molecule has 2 aromatic rings. The van der Waals surface area contributed by atoms with Gasteiger partial charge in [-0.2, -0.15) is 0 Å². The average Bonchev–Trinajstić information content (AvgIpc) is 2.40. The van der Waals surface area contributed by atoms with Gasteiger partial charge in [0.25, 0.3) is 0 Å². The Labute approximate surface area is 121 Å². The van der Waals surface area contributed by atoms with Crippen LogP contribution in [0.1, 0.15) is 15.9 Å². The zero-order valence-corrected chi connectivity index (χ0v) is 11.8. The van der Waals surface area contributed by atoms with E-state index < -0.39 is 28.8 Å². The highest BCUT2D eigenvalue weighted by Crippen LogP contribution is 2.24. The lowest BCUT2D eigenvalue weighted by molar-refractivity contribution is 0.103. The molecule has 0 aliphatic heterocycles. The number of halogens is 4. The molecule has 0 saturated heterocycles. The van der Waals surface area contributed by atoms with Gasteiger partial charge in [-0.05, 0) is 34.1 Å². The van der Waals surface area contributed by atoms with Crippen LogP contribution >= 0.6 is 15.9 Å².